The van der Waals surface area contributed by atoms with Gasteiger partial charge in [-0.1, -0.05) is 53.7 Å². The molecule has 0 unspecified atom stereocenters. The summed E-state index contributed by atoms with van der Waals surface area (Å²) in [6, 6.07) is 18.6. The van der Waals surface area contributed by atoms with E-state index in [0.717, 1.165) is 33.3 Å². The minimum atomic E-state index is 0.826. The molecule has 0 saturated heterocycles. The summed E-state index contributed by atoms with van der Waals surface area (Å²) in [6.07, 6.45) is 3.68. The van der Waals surface area contributed by atoms with Gasteiger partial charge in [0.2, 0.25) is 0 Å². The van der Waals surface area contributed by atoms with Crippen LogP contribution in [-0.4, -0.2) is 21.7 Å². The van der Waals surface area contributed by atoms with Gasteiger partial charge >= 0.3 is 0 Å². The maximum atomic E-state index is 5.32. The molecule has 130 valence electrons. The zero-order valence-electron chi connectivity index (χ0n) is 14.7. The largest absolute Gasteiger partial charge is 0.497 e. The van der Waals surface area contributed by atoms with Gasteiger partial charge in [0.05, 0.1) is 18.3 Å². The zero-order chi connectivity index (χ0) is 17.9. The van der Waals surface area contributed by atoms with E-state index in [-0.39, 0.29) is 0 Å². The normalized spacial score (nSPS) is 11.0. The predicted molar refractivity (Wildman–Crippen MR) is 106 cm³/mol. The summed E-state index contributed by atoms with van der Waals surface area (Å²) in [5.74, 6) is 1.71. The summed E-state index contributed by atoms with van der Waals surface area (Å²) in [6.45, 7) is 2.12. The van der Waals surface area contributed by atoms with Crippen LogP contribution in [-0.2, 0) is 5.75 Å². The van der Waals surface area contributed by atoms with Crippen molar-refractivity contribution in [1.29, 1.82) is 0 Å². The van der Waals surface area contributed by atoms with Gasteiger partial charge in [0.15, 0.2) is 0 Å². The van der Waals surface area contributed by atoms with Crippen LogP contribution in [0.2, 0.25) is 0 Å². The molecule has 4 rings (SSSR count). The Bertz CT molecular complexity index is 1060. The van der Waals surface area contributed by atoms with Crippen molar-refractivity contribution in [1.82, 2.24) is 14.6 Å². The number of hydrogen-bond donors (Lipinski definition) is 0. The average molecular weight is 361 g/mol. The van der Waals surface area contributed by atoms with Crippen molar-refractivity contribution in [3.8, 4) is 17.0 Å². The Morgan fingerprint density at radius 3 is 2.81 bits per heavy atom. The lowest BCUT2D eigenvalue weighted by Gasteiger charge is -2.04. The fraction of sp³-hybridized carbons (Fsp3) is 0.143. The Kier molecular flexibility index (Phi) is 4.63. The molecule has 0 N–H and O–H groups in total. The fourth-order valence-electron chi connectivity index (χ4n) is 2.89. The van der Waals surface area contributed by atoms with E-state index in [2.05, 4.69) is 42.2 Å². The fourth-order valence-corrected chi connectivity index (χ4v) is 3.81. The number of aryl methyl sites for hydroxylation is 1. The van der Waals surface area contributed by atoms with E-state index in [9.17, 15) is 0 Å². The number of nitrogens with zero attached hydrogens (tertiary/aromatic N) is 3. The highest BCUT2D eigenvalue weighted by molar-refractivity contribution is 7.98. The lowest BCUT2D eigenvalue weighted by Crippen LogP contribution is -1.91. The van der Waals surface area contributed by atoms with Crippen LogP contribution in [0, 0.1) is 6.92 Å². The van der Waals surface area contributed by atoms with Crippen LogP contribution in [0.15, 0.2) is 72.0 Å². The molecule has 0 aliphatic carbocycles. The van der Waals surface area contributed by atoms with Gasteiger partial charge in [-0.15, -0.1) is 0 Å². The molecule has 0 spiro atoms. The molecule has 0 bridgehead atoms. The maximum absolute atomic E-state index is 5.32. The number of aromatic nitrogens is 3. The second kappa shape index (κ2) is 7.22. The SMILES string of the molecule is COc1cccc(-c2cc3c(SCc4cccc(C)c4)nccn3n2)c1. The van der Waals surface area contributed by atoms with Gasteiger partial charge in [0, 0.05) is 23.7 Å². The molecule has 2 aromatic heterocycles. The first-order valence-corrected chi connectivity index (χ1v) is 9.38. The Morgan fingerprint density at radius 2 is 1.96 bits per heavy atom. The monoisotopic (exact) mass is 361 g/mol. The van der Waals surface area contributed by atoms with Crippen LogP contribution in [0.5, 0.6) is 5.75 Å². The Hall–Kier alpha value is -2.79. The third-order valence-corrected chi connectivity index (χ3v) is 5.24. The zero-order valence-corrected chi connectivity index (χ0v) is 15.5. The van der Waals surface area contributed by atoms with Gasteiger partial charge in [0.1, 0.15) is 10.8 Å². The minimum absolute atomic E-state index is 0.826. The van der Waals surface area contributed by atoms with Crippen LogP contribution >= 0.6 is 11.8 Å². The Balaban J connectivity index is 1.65. The molecular weight excluding hydrogens is 342 g/mol. The van der Waals surface area contributed by atoms with E-state index in [1.807, 2.05) is 35.0 Å². The highest BCUT2D eigenvalue weighted by Gasteiger charge is 2.10. The molecule has 5 heteroatoms. The van der Waals surface area contributed by atoms with Crippen LogP contribution in [0.3, 0.4) is 0 Å². The highest BCUT2D eigenvalue weighted by atomic mass is 32.2. The maximum Gasteiger partial charge on any atom is 0.122 e. The molecule has 26 heavy (non-hydrogen) atoms. The molecule has 0 amide bonds. The first-order chi connectivity index (χ1) is 12.7. The molecule has 2 heterocycles. The second-order valence-electron chi connectivity index (χ2n) is 6.10. The second-order valence-corrected chi connectivity index (χ2v) is 7.07. The van der Waals surface area contributed by atoms with E-state index >= 15 is 0 Å². The Morgan fingerprint density at radius 1 is 1.08 bits per heavy atom. The van der Waals surface area contributed by atoms with E-state index in [1.165, 1.54) is 11.1 Å². The van der Waals surface area contributed by atoms with E-state index in [0.29, 0.717) is 0 Å². The standard InChI is InChI=1S/C21H19N3OS/c1-15-5-3-6-16(11-15)14-26-21-20-13-19(23-24(20)10-9-22-21)17-7-4-8-18(12-17)25-2/h3-13H,14H2,1-2H3. The molecule has 0 aliphatic rings. The van der Waals surface area contributed by atoms with Crippen LogP contribution in [0.25, 0.3) is 16.8 Å². The molecule has 0 aliphatic heterocycles. The van der Waals surface area contributed by atoms with Crippen LogP contribution < -0.4 is 4.74 Å². The molecule has 0 saturated carbocycles. The van der Waals surface area contributed by atoms with Crippen molar-refractivity contribution in [3.05, 3.63) is 78.1 Å². The Labute approximate surface area is 156 Å². The predicted octanol–water partition coefficient (Wildman–Crippen LogP) is 5.01. The number of methoxy groups -OCH3 is 1. The highest BCUT2D eigenvalue weighted by Crippen LogP contribution is 2.29. The summed E-state index contributed by atoms with van der Waals surface area (Å²) in [7, 11) is 1.67. The molecule has 0 radical (unpaired) electrons. The number of ether oxygens (including phenoxy) is 1. The van der Waals surface area contributed by atoms with Gasteiger partial charge < -0.3 is 4.74 Å². The minimum Gasteiger partial charge on any atom is -0.497 e. The molecule has 2 aromatic carbocycles. The van der Waals surface area contributed by atoms with Crippen molar-refractivity contribution in [2.75, 3.05) is 7.11 Å². The summed E-state index contributed by atoms with van der Waals surface area (Å²) >= 11 is 1.73. The number of rotatable bonds is 5. The number of hydrogen-bond acceptors (Lipinski definition) is 4. The van der Waals surface area contributed by atoms with Gasteiger partial charge in [0.25, 0.3) is 0 Å². The quantitative estimate of drug-likeness (QED) is 0.469. The summed E-state index contributed by atoms with van der Waals surface area (Å²) in [5.41, 5.74) is 5.53. The molecule has 0 atom stereocenters. The van der Waals surface area contributed by atoms with Crippen molar-refractivity contribution >= 4 is 17.3 Å². The lowest BCUT2D eigenvalue weighted by molar-refractivity contribution is 0.415. The third-order valence-electron chi connectivity index (χ3n) is 4.18. The molecular formula is C21H19N3OS. The van der Waals surface area contributed by atoms with E-state index in [1.54, 1.807) is 25.1 Å². The lowest BCUT2D eigenvalue weighted by atomic mass is 10.1. The number of benzene rings is 2. The molecule has 4 nitrogen and oxygen atoms in total. The molecule has 4 aromatic rings. The summed E-state index contributed by atoms with van der Waals surface area (Å²) in [5, 5.41) is 5.68. The van der Waals surface area contributed by atoms with Gasteiger partial charge in [-0.25, -0.2) is 9.50 Å². The van der Waals surface area contributed by atoms with Gasteiger partial charge in [-0.3, -0.25) is 0 Å². The van der Waals surface area contributed by atoms with Crippen molar-refractivity contribution in [2.45, 2.75) is 17.7 Å². The summed E-state index contributed by atoms with van der Waals surface area (Å²) in [4.78, 5) is 4.56. The molecule has 0 fully saturated rings. The third kappa shape index (κ3) is 3.44. The van der Waals surface area contributed by atoms with Crippen molar-refractivity contribution < 1.29 is 4.74 Å². The van der Waals surface area contributed by atoms with Crippen LogP contribution in [0.1, 0.15) is 11.1 Å². The smallest absolute Gasteiger partial charge is 0.122 e. The first kappa shape index (κ1) is 16.7. The van der Waals surface area contributed by atoms with Crippen LogP contribution in [0.4, 0.5) is 0 Å². The average Bonchev–Trinajstić information content (AvgIpc) is 3.11. The number of fused-ring (bicyclic) bond motifs is 1. The first-order valence-electron chi connectivity index (χ1n) is 8.40. The van der Waals surface area contributed by atoms with Gasteiger partial charge in [-0.05, 0) is 30.7 Å². The number of thioether (sulfide) groups is 1. The topological polar surface area (TPSA) is 39.4 Å². The van der Waals surface area contributed by atoms with Gasteiger partial charge in [-0.2, -0.15) is 5.10 Å². The van der Waals surface area contributed by atoms with E-state index < -0.39 is 0 Å². The van der Waals surface area contributed by atoms with Crippen molar-refractivity contribution in [2.24, 2.45) is 0 Å². The van der Waals surface area contributed by atoms with E-state index in [4.69, 9.17) is 9.84 Å². The van der Waals surface area contributed by atoms with Crippen molar-refractivity contribution in [3.63, 3.8) is 0 Å². The summed E-state index contributed by atoms with van der Waals surface area (Å²) < 4.78 is 7.21.